The fraction of sp³-hybridized carbons (Fsp3) is 0.273. The van der Waals surface area contributed by atoms with E-state index in [1.807, 2.05) is 0 Å². The van der Waals surface area contributed by atoms with Crippen LogP contribution in [0.2, 0.25) is 0 Å². The Labute approximate surface area is 105 Å². The smallest absolute Gasteiger partial charge is 0.416 e. The predicted molar refractivity (Wildman–Crippen MR) is 60.2 cm³/mol. The van der Waals surface area contributed by atoms with Crippen LogP contribution in [-0.2, 0) is 10.9 Å². The number of alkyl halides is 3. The molecule has 1 heterocycles. The molecule has 1 atom stereocenters. The van der Waals surface area contributed by atoms with Crippen LogP contribution in [0.25, 0.3) is 11.0 Å². The molecular formula is C11H10F3N3O2. The first kappa shape index (κ1) is 13.2. The number of aromatic nitrogens is 2. The summed E-state index contributed by atoms with van der Waals surface area (Å²) in [7, 11) is 0. The first-order valence-electron chi connectivity index (χ1n) is 5.30. The summed E-state index contributed by atoms with van der Waals surface area (Å²) in [4.78, 5) is 17.3. The third-order valence-corrected chi connectivity index (χ3v) is 2.51. The molecule has 2 aromatic rings. The minimum absolute atomic E-state index is 0.213. The Hall–Kier alpha value is -2.25. The number of hydrogen-bond donors (Lipinski definition) is 2. The molecule has 1 amide bonds. The molecule has 1 aromatic heterocycles. The van der Waals surface area contributed by atoms with Crippen LogP contribution >= 0.6 is 0 Å². The molecule has 5 nitrogen and oxygen atoms in total. The standard InChI is InChI=1S/C11H10F3N3O2/c1-5(19-10(15)18)9-16-7-3-2-6(11(12,13)14)4-8(7)17-9/h2-5H,1H3,(H2,15,18)(H,16,17). The van der Waals surface area contributed by atoms with Crippen LogP contribution in [-0.4, -0.2) is 16.1 Å². The van der Waals surface area contributed by atoms with Crippen LogP contribution in [0.1, 0.15) is 24.4 Å². The van der Waals surface area contributed by atoms with Gasteiger partial charge >= 0.3 is 12.3 Å². The number of imidazole rings is 1. The van der Waals surface area contributed by atoms with E-state index in [1.54, 1.807) is 0 Å². The maximum Gasteiger partial charge on any atom is 0.416 e. The third kappa shape index (κ3) is 2.78. The fourth-order valence-corrected chi connectivity index (χ4v) is 1.63. The van der Waals surface area contributed by atoms with E-state index in [1.165, 1.54) is 13.0 Å². The van der Waals surface area contributed by atoms with Crippen molar-refractivity contribution in [2.45, 2.75) is 19.2 Å². The summed E-state index contributed by atoms with van der Waals surface area (Å²) in [6.07, 6.45) is -6.17. The average Bonchev–Trinajstić information content (AvgIpc) is 2.69. The first-order chi connectivity index (χ1) is 8.77. The molecule has 0 radical (unpaired) electrons. The SMILES string of the molecule is CC(OC(N)=O)c1nc2ccc(C(F)(F)F)cc2[nH]1. The number of nitrogens with zero attached hydrogens (tertiary/aromatic N) is 1. The fourth-order valence-electron chi connectivity index (χ4n) is 1.63. The lowest BCUT2D eigenvalue weighted by Crippen LogP contribution is -2.16. The zero-order valence-electron chi connectivity index (χ0n) is 9.78. The highest BCUT2D eigenvalue weighted by atomic mass is 19.4. The normalized spacial score (nSPS) is 13.5. The third-order valence-electron chi connectivity index (χ3n) is 2.51. The predicted octanol–water partition coefficient (Wildman–Crippen LogP) is 2.74. The molecule has 0 saturated carbocycles. The van der Waals surface area contributed by atoms with Crippen molar-refractivity contribution in [2.24, 2.45) is 5.73 Å². The highest BCUT2D eigenvalue weighted by Crippen LogP contribution is 2.31. The number of rotatable bonds is 2. The van der Waals surface area contributed by atoms with Gasteiger partial charge < -0.3 is 15.5 Å². The molecule has 2 rings (SSSR count). The van der Waals surface area contributed by atoms with Gasteiger partial charge in [0.2, 0.25) is 0 Å². The Kier molecular flexibility index (Phi) is 3.09. The van der Waals surface area contributed by atoms with Gasteiger partial charge in [0.05, 0.1) is 16.6 Å². The van der Waals surface area contributed by atoms with Crippen LogP contribution in [0.5, 0.6) is 0 Å². The maximum atomic E-state index is 12.5. The van der Waals surface area contributed by atoms with Gasteiger partial charge in [-0.2, -0.15) is 13.2 Å². The molecule has 0 aliphatic rings. The average molecular weight is 273 g/mol. The van der Waals surface area contributed by atoms with E-state index in [2.05, 4.69) is 14.7 Å². The number of ether oxygens (including phenoxy) is 1. The monoisotopic (exact) mass is 273 g/mol. The molecule has 0 bridgehead atoms. The van der Waals surface area contributed by atoms with Crippen LogP contribution in [0.15, 0.2) is 18.2 Å². The topological polar surface area (TPSA) is 81.0 Å². The second-order valence-corrected chi connectivity index (χ2v) is 3.93. The summed E-state index contributed by atoms with van der Waals surface area (Å²) >= 11 is 0. The number of benzene rings is 1. The molecule has 102 valence electrons. The lowest BCUT2D eigenvalue weighted by Gasteiger charge is -2.07. The van der Waals surface area contributed by atoms with Crippen molar-refractivity contribution >= 4 is 17.1 Å². The number of carbonyl (C=O) groups excluding carboxylic acids is 1. The van der Waals surface area contributed by atoms with Crippen molar-refractivity contribution in [3.05, 3.63) is 29.6 Å². The van der Waals surface area contributed by atoms with E-state index < -0.39 is 23.9 Å². The van der Waals surface area contributed by atoms with E-state index >= 15 is 0 Å². The van der Waals surface area contributed by atoms with E-state index in [0.29, 0.717) is 5.52 Å². The molecule has 8 heteroatoms. The molecule has 0 aliphatic carbocycles. The number of aromatic amines is 1. The number of carbonyl (C=O) groups is 1. The minimum atomic E-state index is -4.42. The Bertz CT molecular complexity index is 621. The van der Waals surface area contributed by atoms with Crippen molar-refractivity contribution < 1.29 is 22.7 Å². The number of H-pyrrole nitrogens is 1. The first-order valence-corrected chi connectivity index (χ1v) is 5.30. The Morgan fingerprint density at radius 1 is 1.47 bits per heavy atom. The van der Waals surface area contributed by atoms with E-state index in [0.717, 1.165) is 12.1 Å². The second-order valence-electron chi connectivity index (χ2n) is 3.93. The number of fused-ring (bicyclic) bond motifs is 1. The van der Waals surface area contributed by atoms with Crippen molar-refractivity contribution in [2.75, 3.05) is 0 Å². The minimum Gasteiger partial charge on any atom is -0.439 e. The summed E-state index contributed by atoms with van der Waals surface area (Å²) in [6.45, 7) is 1.51. The summed E-state index contributed by atoms with van der Waals surface area (Å²) < 4.78 is 42.3. The van der Waals surface area contributed by atoms with Gasteiger partial charge in [0.15, 0.2) is 6.10 Å². The summed E-state index contributed by atoms with van der Waals surface area (Å²) in [5.41, 5.74) is 4.64. The number of nitrogens with two attached hydrogens (primary N) is 1. The molecule has 1 aromatic carbocycles. The molecule has 0 fully saturated rings. The highest BCUT2D eigenvalue weighted by molar-refractivity contribution is 5.76. The van der Waals surface area contributed by atoms with Crippen LogP contribution in [0, 0.1) is 0 Å². The van der Waals surface area contributed by atoms with Crippen molar-refractivity contribution in [1.82, 2.24) is 9.97 Å². The number of hydrogen-bond acceptors (Lipinski definition) is 3. The molecule has 0 saturated heterocycles. The largest absolute Gasteiger partial charge is 0.439 e. The highest BCUT2D eigenvalue weighted by Gasteiger charge is 2.30. The number of primary amides is 1. The molecule has 3 N–H and O–H groups in total. The summed E-state index contributed by atoms with van der Waals surface area (Å²) in [5, 5.41) is 0. The molecular weight excluding hydrogens is 263 g/mol. The van der Waals surface area contributed by atoms with Crippen LogP contribution in [0.4, 0.5) is 18.0 Å². The Morgan fingerprint density at radius 3 is 2.74 bits per heavy atom. The Morgan fingerprint density at radius 2 is 2.16 bits per heavy atom. The van der Waals surface area contributed by atoms with Gasteiger partial charge in [0.1, 0.15) is 5.82 Å². The molecule has 19 heavy (non-hydrogen) atoms. The van der Waals surface area contributed by atoms with E-state index in [-0.39, 0.29) is 11.3 Å². The van der Waals surface area contributed by atoms with Crippen LogP contribution in [0.3, 0.4) is 0 Å². The lowest BCUT2D eigenvalue weighted by atomic mass is 10.2. The van der Waals surface area contributed by atoms with Gasteiger partial charge in [-0.1, -0.05) is 0 Å². The van der Waals surface area contributed by atoms with Gasteiger partial charge in [-0.25, -0.2) is 9.78 Å². The molecule has 0 aliphatic heterocycles. The molecule has 1 unspecified atom stereocenters. The number of halogens is 3. The van der Waals surface area contributed by atoms with E-state index in [4.69, 9.17) is 5.73 Å². The van der Waals surface area contributed by atoms with Crippen LogP contribution < -0.4 is 5.73 Å². The molecule has 0 spiro atoms. The second kappa shape index (κ2) is 4.45. The van der Waals surface area contributed by atoms with E-state index in [9.17, 15) is 18.0 Å². The lowest BCUT2D eigenvalue weighted by molar-refractivity contribution is -0.137. The van der Waals surface area contributed by atoms with Gasteiger partial charge in [-0.15, -0.1) is 0 Å². The van der Waals surface area contributed by atoms with Crippen molar-refractivity contribution in [1.29, 1.82) is 0 Å². The zero-order chi connectivity index (χ0) is 14.2. The Balaban J connectivity index is 2.38. The van der Waals surface area contributed by atoms with Gasteiger partial charge in [0.25, 0.3) is 0 Å². The van der Waals surface area contributed by atoms with Crippen molar-refractivity contribution in [3.63, 3.8) is 0 Å². The number of nitrogens with one attached hydrogen (secondary N) is 1. The van der Waals surface area contributed by atoms with Crippen molar-refractivity contribution in [3.8, 4) is 0 Å². The quantitative estimate of drug-likeness (QED) is 0.882. The van der Waals surface area contributed by atoms with Gasteiger partial charge in [0, 0.05) is 0 Å². The summed E-state index contributed by atoms with van der Waals surface area (Å²) in [5.74, 6) is 0.230. The maximum absolute atomic E-state index is 12.5. The summed E-state index contributed by atoms with van der Waals surface area (Å²) in [6, 6.07) is 3.13. The van der Waals surface area contributed by atoms with Gasteiger partial charge in [-0.05, 0) is 25.1 Å². The number of amides is 1. The zero-order valence-corrected chi connectivity index (χ0v) is 9.78. The van der Waals surface area contributed by atoms with Gasteiger partial charge in [-0.3, -0.25) is 0 Å².